The standard InChI is InChI=1S/C26H29N5O2/c1-7-21(25(32)27-23-16(3)9-8-10-17(23)4)31-26(33)24-22(18(5)28-31)19(6)30(29-24)20-13-11-15(2)12-14-20/h8-14,21H,7H2,1-6H3,(H,27,32)/t21-/m1/s1. The van der Waals surface area contributed by atoms with Crippen molar-refractivity contribution in [1.82, 2.24) is 19.6 Å². The summed E-state index contributed by atoms with van der Waals surface area (Å²) in [4.78, 5) is 26.7. The van der Waals surface area contributed by atoms with Crippen molar-refractivity contribution in [3.8, 4) is 5.69 Å². The minimum atomic E-state index is -0.746. The lowest BCUT2D eigenvalue weighted by molar-refractivity contribution is -0.119. The fourth-order valence-corrected chi connectivity index (χ4v) is 4.29. The second-order valence-electron chi connectivity index (χ2n) is 8.57. The van der Waals surface area contributed by atoms with Gasteiger partial charge in [-0.3, -0.25) is 9.59 Å². The number of hydrogen-bond acceptors (Lipinski definition) is 4. The molecule has 7 nitrogen and oxygen atoms in total. The van der Waals surface area contributed by atoms with Crippen LogP contribution in [0.1, 0.15) is 47.5 Å². The first-order valence-corrected chi connectivity index (χ1v) is 11.2. The van der Waals surface area contributed by atoms with Crippen LogP contribution in [0, 0.1) is 34.6 Å². The average molecular weight is 444 g/mol. The number of aryl methyl sites for hydroxylation is 5. The van der Waals surface area contributed by atoms with Gasteiger partial charge < -0.3 is 5.32 Å². The number of nitrogens with one attached hydrogen (secondary N) is 1. The van der Waals surface area contributed by atoms with Crippen molar-refractivity contribution < 1.29 is 4.79 Å². The Morgan fingerprint density at radius 3 is 2.21 bits per heavy atom. The molecular formula is C26H29N5O2. The van der Waals surface area contributed by atoms with Crippen LogP contribution in [0.5, 0.6) is 0 Å². The maximum Gasteiger partial charge on any atom is 0.295 e. The molecule has 0 bridgehead atoms. The van der Waals surface area contributed by atoms with Gasteiger partial charge in [0.1, 0.15) is 6.04 Å². The Labute approximate surface area is 193 Å². The highest BCUT2D eigenvalue weighted by Gasteiger charge is 2.26. The minimum absolute atomic E-state index is 0.266. The normalized spacial score (nSPS) is 12.2. The maximum absolute atomic E-state index is 13.5. The summed E-state index contributed by atoms with van der Waals surface area (Å²) in [6.07, 6.45) is 0.423. The fourth-order valence-electron chi connectivity index (χ4n) is 4.29. The van der Waals surface area contributed by atoms with Crippen LogP contribution in [0.25, 0.3) is 16.6 Å². The van der Waals surface area contributed by atoms with Gasteiger partial charge in [0.25, 0.3) is 5.56 Å². The van der Waals surface area contributed by atoms with Gasteiger partial charge in [0.15, 0.2) is 5.52 Å². The zero-order valence-corrected chi connectivity index (χ0v) is 19.9. The van der Waals surface area contributed by atoms with Crippen LogP contribution in [0.3, 0.4) is 0 Å². The molecule has 0 aliphatic heterocycles. The quantitative estimate of drug-likeness (QED) is 0.484. The SMILES string of the molecule is CC[C@H](C(=O)Nc1c(C)cccc1C)n1nc(C)c2c(C)n(-c3ccc(C)cc3)nc2c1=O. The van der Waals surface area contributed by atoms with E-state index >= 15 is 0 Å². The molecule has 0 aliphatic rings. The van der Waals surface area contributed by atoms with E-state index in [1.807, 2.05) is 84.0 Å². The maximum atomic E-state index is 13.5. The molecule has 170 valence electrons. The molecule has 2 aromatic heterocycles. The van der Waals surface area contributed by atoms with Crippen LogP contribution in [-0.4, -0.2) is 25.5 Å². The number of amides is 1. The summed E-state index contributed by atoms with van der Waals surface area (Å²) in [5.41, 5.74) is 6.19. The van der Waals surface area contributed by atoms with E-state index in [0.29, 0.717) is 17.6 Å². The lowest BCUT2D eigenvalue weighted by Gasteiger charge is -2.19. The van der Waals surface area contributed by atoms with E-state index in [1.54, 1.807) is 4.68 Å². The summed E-state index contributed by atoms with van der Waals surface area (Å²) in [5.74, 6) is -0.266. The Morgan fingerprint density at radius 1 is 0.970 bits per heavy atom. The number of hydrogen-bond donors (Lipinski definition) is 1. The van der Waals surface area contributed by atoms with E-state index in [4.69, 9.17) is 0 Å². The van der Waals surface area contributed by atoms with E-state index in [1.165, 1.54) is 4.68 Å². The van der Waals surface area contributed by atoms with Gasteiger partial charge in [-0.2, -0.15) is 10.2 Å². The third-order valence-electron chi connectivity index (χ3n) is 6.14. The molecule has 0 saturated heterocycles. The van der Waals surface area contributed by atoms with Gasteiger partial charge in [-0.25, -0.2) is 9.36 Å². The molecule has 2 aromatic carbocycles. The highest BCUT2D eigenvalue weighted by molar-refractivity contribution is 5.95. The highest BCUT2D eigenvalue weighted by Crippen LogP contribution is 2.24. The smallest absolute Gasteiger partial charge is 0.295 e. The van der Waals surface area contributed by atoms with Gasteiger partial charge in [0, 0.05) is 5.69 Å². The lowest BCUT2D eigenvalue weighted by Crippen LogP contribution is -2.35. The van der Waals surface area contributed by atoms with E-state index in [0.717, 1.165) is 39.1 Å². The van der Waals surface area contributed by atoms with E-state index in [2.05, 4.69) is 15.5 Å². The number of benzene rings is 2. The summed E-state index contributed by atoms with van der Waals surface area (Å²) in [6, 6.07) is 13.1. The molecule has 4 aromatic rings. The van der Waals surface area contributed by atoms with Gasteiger partial charge in [-0.15, -0.1) is 0 Å². The largest absolute Gasteiger partial charge is 0.324 e. The first kappa shape index (κ1) is 22.5. The fraction of sp³-hybridized carbons (Fsp3) is 0.308. The van der Waals surface area contributed by atoms with Crippen LogP contribution >= 0.6 is 0 Å². The number of carbonyl (C=O) groups excluding carboxylic acids is 1. The van der Waals surface area contributed by atoms with Crippen LogP contribution < -0.4 is 10.9 Å². The van der Waals surface area contributed by atoms with Crippen molar-refractivity contribution in [2.75, 3.05) is 5.32 Å². The predicted octanol–water partition coefficient (Wildman–Crippen LogP) is 4.71. The third-order valence-corrected chi connectivity index (χ3v) is 6.14. The van der Waals surface area contributed by atoms with E-state index < -0.39 is 6.04 Å². The van der Waals surface area contributed by atoms with Crippen LogP contribution in [0.4, 0.5) is 5.69 Å². The summed E-state index contributed by atoms with van der Waals surface area (Å²) < 4.78 is 3.05. The predicted molar refractivity (Wildman–Crippen MR) is 131 cm³/mol. The Balaban J connectivity index is 1.80. The first-order chi connectivity index (χ1) is 15.7. The molecule has 1 atom stereocenters. The van der Waals surface area contributed by atoms with Crippen molar-refractivity contribution in [1.29, 1.82) is 0 Å². The molecule has 2 heterocycles. The van der Waals surface area contributed by atoms with Crippen LogP contribution in [0.2, 0.25) is 0 Å². The van der Waals surface area contributed by atoms with Crippen molar-refractivity contribution in [3.05, 3.63) is 80.9 Å². The average Bonchev–Trinajstić information content (AvgIpc) is 3.13. The number of anilines is 1. The van der Waals surface area contributed by atoms with Crippen molar-refractivity contribution >= 4 is 22.5 Å². The van der Waals surface area contributed by atoms with Crippen molar-refractivity contribution in [2.24, 2.45) is 0 Å². The Bertz CT molecular complexity index is 1390. The zero-order chi connectivity index (χ0) is 23.9. The van der Waals surface area contributed by atoms with Gasteiger partial charge in [0.2, 0.25) is 5.91 Å². The van der Waals surface area contributed by atoms with E-state index in [9.17, 15) is 9.59 Å². The highest BCUT2D eigenvalue weighted by atomic mass is 16.2. The molecule has 1 amide bonds. The third kappa shape index (κ3) is 3.95. The van der Waals surface area contributed by atoms with Crippen molar-refractivity contribution in [2.45, 2.75) is 54.0 Å². The number of nitrogens with zero attached hydrogens (tertiary/aromatic N) is 4. The summed E-state index contributed by atoms with van der Waals surface area (Å²) in [7, 11) is 0. The van der Waals surface area contributed by atoms with Gasteiger partial charge >= 0.3 is 0 Å². The van der Waals surface area contributed by atoms with Gasteiger partial charge in [-0.05, 0) is 64.3 Å². The van der Waals surface area contributed by atoms with Gasteiger partial charge in [-0.1, -0.05) is 42.8 Å². The molecule has 0 unspecified atom stereocenters. The van der Waals surface area contributed by atoms with Crippen molar-refractivity contribution in [3.63, 3.8) is 0 Å². The molecule has 0 saturated carbocycles. The second-order valence-corrected chi connectivity index (χ2v) is 8.57. The Morgan fingerprint density at radius 2 is 1.61 bits per heavy atom. The Kier molecular flexibility index (Phi) is 5.89. The molecule has 0 fully saturated rings. The Hall–Kier alpha value is -3.74. The molecule has 4 rings (SSSR count). The zero-order valence-electron chi connectivity index (χ0n) is 19.9. The minimum Gasteiger partial charge on any atom is -0.324 e. The summed E-state index contributed by atoms with van der Waals surface area (Å²) >= 11 is 0. The van der Waals surface area contributed by atoms with E-state index in [-0.39, 0.29) is 11.5 Å². The van der Waals surface area contributed by atoms with Crippen LogP contribution in [-0.2, 0) is 4.79 Å². The molecule has 0 spiro atoms. The van der Waals surface area contributed by atoms with Gasteiger partial charge in [0.05, 0.1) is 22.5 Å². The molecule has 7 heteroatoms. The monoisotopic (exact) mass is 443 g/mol. The molecule has 1 N–H and O–H groups in total. The number of carbonyl (C=O) groups is 1. The molecule has 33 heavy (non-hydrogen) atoms. The molecular weight excluding hydrogens is 414 g/mol. The first-order valence-electron chi connectivity index (χ1n) is 11.2. The number of para-hydroxylation sites is 1. The number of aromatic nitrogens is 4. The summed E-state index contributed by atoms with van der Waals surface area (Å²) in [6.45, 7) is 11.6. The summed E-state index contributed by atoms with van der Waals surface area (Å²) in [5, 5.41) is 12.9. The second kappa shape index (κ2) is 8.65. The number of rotatable bonds is 5. The topological polar surface area (TPSA) is 81.8 Å². The lowest BCUT2D eigenvalue weighted by atomic mass is 10.1. The van der Waals surface area contributed by atoms with Crippen LogP contribution in [0.15, 0.2) is 47.3 Å². The number of fused-ring (bicyclic) bond motifs is 1. The molecule has 0 radical (unpaired) electrons. The molecule has 0 aliphatic carbocycles.